The topological polar surface area (TPSA) is 47.6 Å². The van der Waals surface area contributed by atoms with Gasteiger partial charge in [0.2, 0.25) is 0 Å². The number of hydrogen-bond donors (Lipinski definition) is 1. The minimum atomic E-state index is -0.748. The summed E-state index contributed by atoms with van der Waals surface area (Å²) in [5.74, 6) is -0.235. The molecule has 4 nitrogen and oxygen atoms in total. The van der Waals surface area contributed by atoms with Gasteiger partial charge in [0.05, 0.1) is 19.3 Å². The zero-order valence-electron chi connectivity index (χ0n) is 12.7. The lowest BCUT2D eigenvalue weighted by Crippen LogP contribution is -2.57. The standard InChI is InChI=1S/C16H22BrNO3/c1-4-15(2)11-16(9-10-21-15,14(19)20-3)18-13-8-6-5-7-12(13)17/h5-8,18H,4,9-11H2,1-3H3. The number of ether oxygens (including phenoxy) is 2. The smallest absolute Gasteiger partial charge is 0.331 e. The first-order chi connectivity index (χ1) is 9.95. The van der Waals surface area contributed by atoms with E-state index in [-0.39, 0.29) is 11.6 Å². The molecule has 1 saturated heterocycles. The molecule has 0 spiro atoms. The molecular formula is C16H22BrNO3. The van der Waals surface area contributed by atoms with E-state index in [2.05, 4.69) is 28.2 Å². The number of carbonyl (C=O) groups excluding carboxylic acids is 1. The zero-order valence-corrected chi connectivity index (χ0v) is 14.3. The van der Waals surface area contributed by atoms with E-state index in [4.69, 9.17) is 9.47 Å². The van der Waals surface area contributed by atoms with Crippen LogP contribution in [0.25, 0.3) is 0 Å². The van der Waals surface area contributed by atoms with Crippen LogP contribution in [-0.4, -0.2) is 30.8 Å². The summed E-state index contributed by atoms with van der Waals surface area (Å²) >= 11 is 3.52. The maximum absolute atomic E-state index is 12.5. The Morgan fingerprint density at radius 2 is 2.19 bits per heavy atom. The molecule has 0 aromatic heterocycles. The highest BCUT2D eigenvalue weighted by Gasteiger charge is 2.48. The van der Waals surface area contributed by atoms with Crippen molar-refractivity contribution in [2.24, 2.45) is 0 Å². The molecule has 2 rings (SSSR count). The second-order valence-corrected chi connectivity index (χ2v) is 6.61. The molecule has 0 bridgehead atoms. The van der Waals surface area contributed by atoms with Crippen molar-refractivity contribution in [3.05, 3.63) is 28.7 Å². The van der Waals surface area contributed by atoms with Gasteiger partial charge in [-0.1, -0.05) is 19.1 Å². The highest BCUT2D eigenvalue weighted by molar-refractivity contribution is 9.10. The highest BCUT2D eigenvalue weighted by atomic mass is 79.9. The number of esters is 1. The molecule has 2 unspecified atom stereocenters. The van der Waals surface area contributed by atoms with E-state index in [0.29, 0.717) is 19.4 Å². The number of rotatable bonds is 4. The summed E-state index contributed by atoms with van der Waals surface area (Å²) in [6.45, 7) is 4.66. The van der Waals surface area contributed by atoms with Crippen LogP contribution in [0.4, 0.5) is 5.69 Å². The van der Waals surface area contributed by atoms with Crippen molar-refractivity contribution >= 4 is 27.6 Å². The van der Waals surface area contributed by atoms with Gasteiger partial charge in [0.15, 0.2) is 0 Å². The number of nitrogens with one attached hydrogen (secondary N) is 1. The molecule has 0 amide bonds. The number of benzene rings is 1. The van der Waals surface area contributed by atoms with Crippen LogP contribution in [0, 0.1) is 0 Å². The van der Waals surface area contributed by atoms with E-state index in [0.717, 1.165) is 16.6 Å². The second kappa shape index (κ2) is 6.36. The van der Waals surface area contributed by atoms with E-state index in [1.807, 2.05) is 31.2 Å². The lowest BCUT2D eigenvalue weighted by molar-refractivity contribution is -0.158. The summed E-state index contributed by atoms with van der Waals surface area (Å²) in [6.07, 6.45) is 2.03. The number of hydrogen-bond acceptors (Lipinski definition) is 4. The van der Waals surface area contributed by atoms with Crippen LogP contribution < -0.4 is 5.32 Å². The Morgan fingerprint density at radius 1 is 1.48 bits per heavy atom. The normalized spacial score (nSPS) is 29.0. The van der Waals surface area contributed by atoms with E-state index in [9.17, 15) is 4.79 Å². The number of methoxy groups -OCH3 is 1. The Labute approximate surface area is 134 Å². The largest absolute Gasteiger partial charge is 0.467 e. The van der Waals surface area contributed by atoms with Crippen molar-refractivity contribution < 1.29 is 14.3 Å². The lowest BCUT2D eigenvalue weighted by atomic mass is 9.79. The Morgan fingerprint density at radius 3 is 2.81 bits per heavy atom. The summed E-state index contributed by atoms with van der Waals surface area (Å²) in [7, 11) is 1.44. The third-order valence-corrected chi connectivity index (χ3v) is 4.92. The van der Waals surface area contributed by atoms with Crippen molar-refractivity contribution in [1.82, 2.24) is 0 Å². The van der Waals surface area contributed by atoms with E-state index in [1.165, 1.54) is 7.11 Å². The van der Waals surface area contributed by atoms with Crippen molar-refractivity contribution in [2.75, 3.05) is 19.0 Å². The van der Waals surface area contributed by atoms with Crippen molar-refractivity contribution in [3.63, 3.8) is 0 Å². The fourth-order valence-electron chi connectivity index (χ4n) is 2.82. The first-order valence-electron chi connectivity index (χ1n) is 7.20. The maximum Gasteiger partial charge on any atom is 0.331 e. The molecule has 5 heteroatoms. The van der Waals surface area contributed by atoms with Gasteiger partial charge in [-0.25, -0.2) is 4.79 Å². The Kier molecular flexibility index (Phi) is 4.94. The Balaban J connectivity index is 2.34. The van der Waals surface area contributed by atoms with Crippen molar-refractivity contribution in [2.45, 2.75) is 44.2 Å². The second-order valence-electron chi connectivity index (χ2n) is 5.76. The van der Waals surface area contributed by atoms with Crippen LogP contribution in [0.15, 0.2) is 28.7 Å². The molecule has 1 N–H and O–H groups in total. The van der Waals surface area contributed by atoms with Crippen LogP contribution in [0.2, 0.25) is 0 Å². The van der Waals surface area contributed by atoms with Crippen LogP contribution in [0.3, 0.4) is 0 Å². The van der Waals surface area contributed by atoms with Gasteiger partial charge in [0, 0.05) is 23.0 Å². The minimum absolute atomic E-state index is 0.235. The molecule has 0 saturated carbocycles. The predicted molar refractivity (Wildman–Crippen MR) is 86.4 cm³/mol. The van der Waals surface area contributed by atoms with E-state index < -0.39 is 5.54 Å². The first kappa shape index (κ1) is 16.3. The van der Waals surface area contributed by atoms with Gasteiger partial charge in [0.25, 0.3) is 0 Å². The zero-order chi connectivity index (χ0) is 15.5. The van der Waals surface area contributed by atoms with E-state index >= 15 is 0 Å². The Bertz CT molecular complexity index is 522. The summed E-state index contributed by atoms with van der Waals surface area (Å²) in [5.41, 5.74) is -0.175. The molecule has 2 atom stereocenters. The molecule has 1 aromatic carbocycles. The average molecular weight is 356 g/mol. The molecule has 1 aliphatic heterocycles. The van der Waals surface area contributed by atoms with Crippen LogP contribution in [0.5, 0.6) is 0 Å². The number of halogens is 1. The van der Waals surface area contributed by atoms with Gasteiger partial charge in [-0.05, 0) is 41.4 Å². The lowest BCUT2D eigenvalue weighted by Gasteiger charge is -2.45. The Hall–Kier alpha value is -1.07. The molecule has 1 fully saturated rings. The fraction of sp³-hybridized carbons (Fsp3) is 0.562. The molecule has 1 aromatic rings. The molecule has 0 radical (unpaired) electrons. The quantitative estimate of drug-likeness (QED) is 0.835. The van der Waals surface area contributed by atoms with Crippen LogP contribution >= 0.6 is 15.9 Å². The van der Waals surface area contributed by atoms with Crippen LogP contribution in [-0.2, 0) is 14.3 Å². The summed E-state index contributed by atoms with van der Waals surface area (Å²) in [5, 5.41) is 3.40. The van der Waals surface area contributed by atoms with E-state index in [1.54, 1.807) is 0 Å². The molecular weight excluding hydrogens is 334 g/mol. The molecule has 116 valence electrons. The van der Waals surface area contributed by atoms with Crippen molar-refractivity contribution in [1.29, 1.82) is 0 Å². The number of carbonyl (C=O) groups is 1. The summed E-state index contributed by atoms with van der Waals surface area (Å²) in [4.78, 5) is 12.5. The van der Waals surface area contributed by atoms with Crippen molar-refractivity contribution in [3.8, 4) is 0 Å². The molecule has 1 heterocycles. The minimum Gasteiger partial charge on any atom is -0.467 e. The van der Waals surface area contributed by atoms with Gasteiger partial charge in [0.1, 0.15) is 5.54 Å². The summed E-state index contributed by atoms with van der Waals surface area (Å²) in [6, 6.07) is 7.79. The van der Waals surface area contributed by atoms with Gasteiger partial charge in [-0.15, -0.1) is 0 Å². The SMILES string of the molecule is CCC1(C)CC(Nc2ccccc2Br)(C(=O)OC)CCO1. The first-order valence-corrected chi connectivity index (χ1v) is 7.99. The number of anilines is 1. The number of para-hydroxylation sites is 1. The third-order valence-electron chi connectivity index (χ3n) is 4.23. The highest BCUT2D eigenvalue weighted by Crippen LogP contribution is 2.38. The van der Waals surface area contributed by atoms with Gasteiger partial charge in [-0.3, -0.25) is 0 Å². The van der Waals surface area contributed by atoms with Gasteiger partial charge < -0.3 is 14.8 Å². The third kappa shape index (κ3) is 3.40. The van der Waals surface area contributed by atoms with Gasteiger partial charge >= 0.3 is 5.97 Å². The maximum atomic E-state index is 12.5. The van der Waals surface area contributed by atoms with Gasteiger partial charge in [-0.2, -0.15) is 0 Å². The average Bonchev–Trinajstić information content (AvgIpc) is 2.49. The molecule has 1 aliphatic rings. The molecule has 21 heavy (non-hydrogen) atoms. The fourth-order valence-corrected chi connectivity index (χ4v) is 3.21. The molecule has 0 aliphatic carbocycles. The monoisotopic (exact) mass is 355 g/mol. The van der Waals surface area contributed by atoms with Crippen LogP contribution in [0.1, 0.15) is 33.1 Å². The summed E-state index contributed by atoms with van der Waals surface area (Å²) < 4.78 is 11.9. The predicted octanol–water partition coefficient (Wildman–Crippen LogP) is 3.75.